The van der Waals surface area contributed by atoms with Gasteiger partial charge in [-0.1, -0.05) is 59.8 Å². The molecule has 0 aromatic carbocycles. The predicted molar refractivity (Wildman–Crippen MR) is 109 cm³/mol. The highest BCUT2D eigenvalue weighted by Crippen LogP contribution is 2.20. The minimum absolute atomic E-state index is 0.132. The van der Waals surface area contributed by atoms with Crippen LogP contribution in [-0.4, -0.2) is 12.6 Å². The van der Waals surface area contributed by atoms with Crippen molar-refractivity contribution >= 4 is 5.97 Å². The molecule has 0 N–H and O–H groups in total. The Morgan fingerprint density at radius 3 is 2.24 bits per heavy atom. The number of allylic oxidation sites excluding steroid dienone is 7. The summed E-state index contributed by atoms with van der Waals surface area (Å²) in [5, 5.41) is 0. The lowest BCUT2D eigenvalue weighted by Crippen LogP contribution is -2.16. The van der Waals surface area contributed by atoms with Crippen molar-refractivity contribution in [2.75, 3.05) is 6.61 Å². The molecule has 0 aliphatic carbocycles. The Morgan fingerprint density at radius 2 is 1.68 bits per heavy atom. The molecular weight excluding hydrogens is 308 g/mol. The maximum atomic E-state index is 12.3. The number of hydrogen-bond acceptors (Lipinski definition) is 2. The van der Waals surface area contributed by atoms with Gasteiger partial charge in [0.05, 0.1) is 12.5 Å². The third kappa shape index (κ3) is 12.2. The summed E-state index contributed by atoms with van der Waals surface area (Å²) in [5.74, 6) is -0.335. The molecule has 0 spiro atoms. The van der Waals surface area contributed by atoms with Crippen molar-refractivity contribution in [3.63, 3.8) is 0 Å². The molecule has 1 unspecified atom stereocenters. The molecule has 0 aromatic rings. The maximum absolute atomic E-state index is 12.3. The zero-order valence-electron chi connectivity index (χ0n) is 16.9. The first kappa shape index (κ1) is 23.2. The molecule has 0 saturated heterocycles. The second-order valence-corrected chi connectivity index (χ2v) is 6.85. The molecule has 0 fully saturated rings. The molecule has 140 valence electrons. The van der Waals surface area contributed by atoms with Gasteiger partial charge in [-0.05, 0) is 66.7 Å². The van der Waals surface area contributed by atoms with Gasteiger partial charge in [0.25, 0.3) is 0 Å². The van der Waals surface area contributed by atoms with Crippen LogP contribution in [0.15, 0.2) is 59.8 Å². The van der Waals surface area contributed by atoms with E-state index in [0.29, 0.717) is 13.0 Å². The van der Waals surface area contributed by atoms with Crippen LogP contribution in [0.5, 0.6) is 0 Å². The second-order valence-electron chi connectivity index (χ2n) is 6.85. The summed E-state index contributed by atoms with van der Waals surface area (Å²) in [5.41, 5.74) is 4.82. The number of carbonyl (C=O) groups is 1. The molecule has 0 rings (SSSR count). The average molecular weight is 345 g/mol. The predicted octanol–water partition coefficient (Wildman–Crippen LogP) is 6.72. The van der Waals surface area contributed by atoms with Crippen molar-refractivity contribution in [2.24, 2.45) is 5.92 Å². The third-order valence-electron chi connectivity index (χ3n) is 3.96. The molecule has 0 aliphatic rings. The van der Waals surface area contributed by atoms with Crippen LogP contribution >= 0.6 is 0 Å². The number of ether oxygens (including phenoxy) is 1. The normalized spacial score (nSPS) is 13.2. The van der Waals surface area contributed by atoms with Crippen molar-refractivity contribution in [3.05, 3.63) is 59.8 Å². The monoisotopic (exact) mass is 344 g/mol. The summed E-state index contributed by atoms with van der Waals surface area (Å²) in [6, 6.07) is 0. The minimum Gasteiger partial charge on any atom is -0.466 e. The SMILES string of the molecule is C=CC(=C)CC/C=C(\C)CC(/C=C(\C)CCC=C(C)C)C(=O)OCC. The van der Waals surface area contributed by atoms with Crippen molar-refractivity contribution < 1.29 is 9.53 Å². The molecule has 1 atom stereocenters. The highest BCUT2D eigenvalue weighted by molar-refractivity contribution is 5.75. The maximum Gasteiger partial charge on any atom is 0.313 e. The fourth-order valence-electron chi connectivity index (χ4n) is 2.51. The van der Waals surface area contributed by atoms with Gasteiger partial charge in [-0.25, -0.2) is 0 Å². The van der Waals surface area contributed by atoms with Crippen molar-refractivity contribution in [1.82, 2.24) is 0 Å². The van der Waals surface area contributed by atoms with Gasteiger partial charge in [0, 0.05) is 0 Å². The van der Waals surface area contributed by atoms with Crippen LogP contribution < -0.4 is 0 Å². The summed E-state index contributed by atoms with van der Waals surface area (Å²) < 4.78 is 5.26. The van der Waals surface area contributed by atoms with E-state index < -0.39 is 0 Å². The van der Waals surface area contributed by atoms with Crippen LogP contribution in [0.25, 0.3) is 0 Å². The molecule has 25 heavy (non-hydrogen) atoms. The Balaban J connectivity index is 4.89. The first-order valence-corrected chi connectivity index (χ1v) is 9.23. The van der Waals surface area contributed by atoms with Crippen LogP contribution in [0.3, 0.4) is 0 Å². The van der Waals surface area contributed by atoms with E-state index in [4.69, 9.17) is 4.74 Å². The zero-order chi connectivity index (χ0) is 19.2. The summed E-state index contributed by atoms with van der Waals surface area (Å²) in [4.78, 5) is 12.3. The van der Waals surface area contributed by atoms with Gasteiger partial charge in [0.15, 0.2) is 0 Å². The molecule has 0 saturated carbocycles. The van der Waals surface area contributed by atoms with E-state index in [0.717, 1.165) is 31.3 Å². The van der Waals surface area contributed by atoms with Gasteiger partial charge in [0.2, 0.25) is 0 Å². The molecule has 0 aromatic heterocycles. The van der Waals surface area contributed by atoms with Gasteiger partial charge in [-0.3, -0.25) is 4.79 Å². The number of rotatable bonds is 12. The quantitative estimate of drug-likeness (QED) is 0.223. The Labute approximate surface area is 155 Å². The Kier molecular flexibility index (Phi) is 12.5. The van der Waals surface area contributed by atoms with Crippen LogP contribution in [0, 0.1) is 5.92 Å². The van der Waals surface area contributed by atoms with E-state index in [9.17, 15) is 4.79 Å². The lowest BCUT2D eigenvalue weighted by atomic mass is 9.95. The lowest BCUT2D eigenvalue weighted by Gasteiger charge is -2.14. The van der Waals surface area contributed by atoms with E-state index in [2.05, 4.69) is 59.1 Å². The van der Waals surface area contributed by atoms with Crippen LogP contribution in [-0.2, 0) is 9.53 Å². The zero-order valence-corrected chi connectivity index (χ0v) is 16.9. The van der Waals surface area contributed by atoms with E-state index in [-0.39, 0.29) is 11.9 Å². The first-order chi connectivity index (χ1) is 11.8. The Bertz CT molecular complexity index is 528. The summed E-state index contributed by atoms with van der Waals surface area (Å²) in [6.07, 6.45) is 12.8. The fraction of sp³-hybridized carbons (Fsp3) is 0.522. The molecule has 2 nitrogen and oxygen atoms in total. The summed E-state index contributed by atoms with van der Waals surface area (Å²) in [7, 11) is 0. The largest absolute Gasteiger partial charge is 0.466 e. The highest BCUT2D eigenvalue weighted by Gasteiger charge is 2.17. The molecule has 0 amide bonds. The van der Waals surface area contributed by atoms with Gasteiger partial charge in [0.1, 0.15) is 0 Å². The summed E-state index contributed by atoms with van der Waals surface area (Å²) >= 11 is 0. The van der Waals surface area contributed by atoms with E-state index in [1.165, 1.54) is 16.7 Å². The highest BCUT2D eigenvalue weighted by atomic mass is 16.5. The minimum atomic E-state index is -0.203. The fourth-order valence-corrected chi connectivity index (χ4v) is 2.51. The molecule has 0 bridgehead atoms. The van der Waals surface area contributed by atoms with Crippen molar-refractivity contribution in [3.8, 4) is 0 Å². The van der Waals surface area contributed by atoms with Crippen LogP contribution in [0.1, 0.15) is 66.7 Å². The lowest BCUT2D eigenvalue weighted by molar-refractivity contribution is -0.146. The molecule has 2 heteroatoms. The molecule has 0 heterocycles. The third-order valence-corrected chi connectivity index (χ3v) is 3.96. The number of carbonyl (C=O) groups excluding carboxylic acids is 1. The molecule has 0 aliphatic heterocycles. The van der Waals surface area contributed by atoms with E-state index in [1.807, 2.05) is 6.92 Å². The summed E-state index contributed by atoms with van der Waals surface area (Å²) in [6.45, 7) is 18.3. The van der Waals surface area contributed by atoms with Gasteiger partial charge in [-0.2, -0.15) is 0 Å². The van der Waals surface area contributed by atoms with Gasteiger partial charge < -0.3 is 4.74 Å². The first-order valence-electron chi connectivity index (χ1n) is 9.23. The van der Waals surface area contributed by atoms with Crippen molar-refractivity contribution in [2.45, 2.75) is 66.7 Å². The standard InChI is InChI=1S/C23H36O2/c1-8-19(5)13-11-15-21(7)17-22(23(24)25-9-2)16-20(6)14-10-12-18(3)4/h8,12,15-16,22H,1,5,9-11,13-14,17H2,2-4,6-7H3/b20-16+,21-15+. The Morgan fingerprint density at radius 1 is 1.04 bits per heavy atom. The van der Waals surface area contributed by atoms with Crippen molar-refractivity contribution in [1.29, 1.82) is 0 Å². The Hall–Kier alpha value is -1.83. The van der Waals surface area contributed by atoms with Crippen LogP contribution in [0.4, 0.5) is 0 Å². The average Bonchev–Trinajstić information content (AvgIpc) is 2.53. The topological polar surface area (TPSA) is 26.3 Å². The number of hydrogen-bond donors (Lipinski definition) is 0. The smallest absolute Gasteiger partial charge is 0.313 e. The van der Waals surface area contributed by atoms with E-state index >= 15 is 0 Å². The van der Waals surface area contributed by atoms with Gasteiger partial charge in [-0.15, -0.1) is 0 Å². The number of esters is 1. The second kappa shape index (κ2) is 13.5. The molecule has 0 radical (unpaired) electrons. The van der Waals surface area contributed by atoms with E-state index in [1.54, 1.807) is 6.08 Å². The molecular formula is C23H36O2. The van der Waals surface area contributed by atoms with Gasteiger partial charge >= 0.3 is 5.97 Å². The van der Waals surface area contributed by atoms with Crippen LogP contribution in [0.2, 0.25) is 0 Å².